The topological polar surface area (TPSA) is 77.6 Å². The van der Waals surface area contributed by atoms with Crippen LogP contribution >= 0.6 is 0 Å². The van der Waals surface area contributed by atoms with E-state index in [1.807, 2.05) is 13.0 Å². The standard InChI is InChI=1S/C9H9N5/c1-6-2-8(14-9(10)13-6)7-3-11-5-12-4-7/h2-5H,1H3,(H2,10,13,14). The second-order valence-electron chi connectivity index (χ2n) is 2.88. The van der Waals surface area contributed by atoms with E-state index in [0.717, 1.165) is 17.0 Å². The van der Waals surface area contributed by atoms with Gasteiger partial charge in [0.1, 0.15) is 6.33 Å². The van der Waals surface area contributed by atoms with Crippen LogP contribution in [0.15, 0.2) is 24.8 Å². The van der Waals surface area contributed by atoms with E-state index in [-0.39, 0.29) is 5.95 Å². The van der Waals surface area contributed by atoms with Crippen LogP contribution in [0.1, 0.15) is 5.69 Å². The fraction of sp³-hybridized carbons (Fsp3) is 0.111. The van der Waals surface area contributed by atoms with Crippen molar-refractivity contribution in [1.29, 1.82) is 0 Å². The number of aromatic nitrogens is 4. The predicted octanol–water partition coefficient (Wildman–Crippen LogP) is 0.824. The summed E-state index contributed by atoms with van der Waals surface area (Å²) in [5, 5.41) is 0. The Hall–Kier alpha value is -2.04. The Labute approximate surface area is 81.1 Å². The molecule has 0 amide bonds. The molecule has 2 aromatic rings. The highest BCUT2D eigenvalue weighted by Crippen LogP contribution is 2.15. The van der Waals surface area contributed by atoms with Gasteiger partial charge in [0.25, 0.3) is 0 Å². The van der Waals surface area contributed by atoms with Gasteiger partial charge in [0.05, 0.1) is 5.69 Å². The molecule has 0 spiro atoms. The Morgan fingerprint density at radius 1 is 1.14 bits per heavy atom. The van der Waals surface area contributed by atoms with Crippen LogP contribution in [0.3, 0.4) is 0 Å². The van der Waals surface area contributed by atoms with Crippen LogP contribution in [0, 0.1) is 6.92 Å². The summed E-state index contributed by atoms with van der Waals surface area (Å²) in [6.45, 7) is 1.87. The number of hydrogen-bond acceptors (Lipinski definition) is 5. The molecule has 0 unspecified atom stereocenters. The number of nitrogens with two attached hydrogens (primary N) is 1. The molecule has 14 heavy (non-hydrogen) atoms. The zero-order valence-electron chi connectivity index (χ0n) is 7.68. The summed E-state index contributed by atoms with van der Waals surface area (Å²) >= 11 is 0. The highest BCUT2D eigenvalue weighted by molar-refractivity contribution is 5.57. The number of aryl methyl sites for hydroxylation is 1. The fourth-order valence-corrected chi connectivity index (χ4v) is 1.17. The summed E-state index contributed by atoms with van der Waals surface area (Å²) in [7, 11) is 0. The zero-order valence-corrected chi connectivity index (χ0v) is 7.68. The minimum Gasteiger partial charge on any atom is -0.368 e. The van der Waals surface area contributed by atoms with Crippen molar-refractivity contribution in [1.82, 2.24) is 19.9 Å². The molecule has 0 aromatic carbocycles. The van der Waals surface area contributed by atoms with Crippen molar-refractivity contribution < 1.29 is 0 Å². The number of nitrogen functional groups attached to an aromatic ring is 1. The lowest BCUT2D eigenvalue weighted by Gasteiger charge is -2.01. The first-order valence-corrected chi connectivity index (χ1v) is 4.12. The summed E-state index contributed by atoms with van der Waals surface area (Å²) in [5.41, 5.74) is 7.95. The van der Waals surface area contributed by atoms with Gasteiger partial charge >= 0.3 is 0 Å². The molecule has 70 valence electrons. The first-order valence-electron chi connectivity index (χ1n) is 4.12. The Bertz CT molecular complexity index is 420. The molecule has 2 heterocycles. The summed E-state index contributed by atoms with van der Waals surface area (Å²) < 4.78 is 0. The van der Waals surface area contributed by atoms with Gasteiger partial charge in [0, 0.05) is 23.7 Å². The van der Waals surface area contributed by atoms with Crippen LogP contribution in [0.2, 0.25) is 0 Å². The maximum atomic E-state index is 5.53. The van der Waals surface area contributed by atoms with E-state index in [1.165, 1.54) is 6.33 Å². The number of nitrogens with zero attached hydrogens (tertiary/aromatic N) is 4. The van der Waals surface area contributed by atoms with Crippen molar-refractivity contribution >= 4 is 5.95 Å². The molecule has 0 aliphatic carbocycles. The molecule has 0 radical (unpaired) electrons. The van der Waals surface area contributed by atoms with E-state index in [0.29, 0.717) is 0 Å². The van der Waals surface area contributed by atoms with E-state index in [4.69, 9.17) is 5.73 Å². The minimum absolute atomic E-state index is 0.267. The number of anilines is 1. The Morgan fingerprint density at radius 3 is 2.50 bits per heavy atom. The SMILES string of the molecule is Cc1cc(-c2cncnc2)nc(N)n1. The highest BCUT2D eigenvalue weighted by Gasteiger charge is 2.02. The summed E-state index contributed by atoms with van der Waals surface area (Å²) in [5.74, 6) is 0.267. The third-order valence-corrected chi connectivity index (χ3v) is 1.73. The molecule has 2 aromatic heterocycles. The van der Waals surface area contributed by atoms with Crippen LogP contribution in [-0.2, 0) is 0 Å². The van der Waals surface area contributed by atoms with Crippen molar-refractivity contribution in [3.05, 3.63) is 30.5 Å². The van der Waals surface area contributed by atoms with Crippen molar-refractivity contribution in [2.75, 3.05) is 5.73 Å². The van der Waals surface area contributed by atoms with Crippen LogP contribution in [0.25, 0.3) is 11.3 Å². The van der Waals surface area contributed by atoms with Crippen molar-refractivity contribution in [3.8, 4) is 11.3 Å². The second kappa shape index (κ2) is 3.37. The zero-order chi connectivity index (χ0) is 9.97. The molecule has 5 heteroatoms. The Kier molecular flexibility index (Phi) is 2.06. The lowest BCUT2D eigenvalue weighted by Crippen LogP contribution is -1.98. The Balaban J connectivity index is 2.52. The first-order chi connectivity index (χ1) is 6.75. The maximum absolute atomic E-state index is 5.53. The highest BCUT2D eigenvalue weighted by atomic mass is 15.0. The van der Waals surface area contributed by atoms with Crippen LogP contribution in [0.5, 0.6) is 0 Å². The van der Waals surface area contributed by atoms with Gasteiger partial charge < -0.3 is 5.73 Å². The van der Waals surface area contributed by atoms with Crippen LogP contribution in [0.4, 0.5) is 5.95 Å². The van der Waals surface area contributed by atoms with Crippen LogP contribution in [-0.4, -0.2) is 19.9 Å². The quantitative estimate of drug-likeness (QED) is 0.715. The smallest absolute Gasteiger partial charge is 0.220 e. The average Bonchev–Trinajstić information content (AvgIpc) is 2.18. The van der Waals surface area contributed by atoms with E-state index >= 15 is 0 Å². The molecule has 0 saturated carbocycles. The fourth-order valence-electron chi connectivity index (χ4n) is 1.17. The van der Waals surface area contributed by atoms with Gasteiger partial charge in [-0.1, -0.05) is 0 Å². The molecule has 0 aliphatic heterocycles. The molecule has 0 atom stereocenters. The molecule has 0 aliphatic rings. The summed E-state index contributed by atoms with van der Waals surface area (Å²) in [4.78, 5) is 15.9. The molecule has 0 fully saturated rings. The van der Waals surface area contributed by atoms with Crippen molar-refractivity contribution in [2.24, 2.45) is 0 Å². The summed E-state index contributed by atoms with van der Waals surface area (Å²) in [6.07, 6.45) is 4.85. The first kappa shape index (κ1) is 8.55. The maximum Gasteiger partial charge on any atom is 0.220 e. The molecule has 5 nitrogen and oxygen atoms in total. The van der Waals surface area contributed by atoms with Gasteiger partial charge in [0.2, 0.25) is 5.95 Å². The van der Waals surface area contributed by atoms with Gasteiger partial charge in [-0.15, -0.1) is 0 Å². The number of rotatable bonds is 1. The molecule has 0 bridgehead atoms. The largest absolute Gasteiger partial charge is 0.368 e. The van der Waals surface area contributed by atoms with E-state index in [1.54, 1.807) is 12.4 Å². The van der Waals surface area contributed by atoms with Crippen LogP contribution < -0.4 is 5.73 Å². The van der Waals surface area contributed by atoms with Crippen molar-refractivity contribution in [3.63, 3.8) is 0 Å². The molecule has 0 saturated heterocycles. The van der Waals surface area contributed by atoms with Gasteiger partial charge in [0.15, 0.2) is 0 Å². The van der Waals surface area contributed by atoms with Gasteiger partial charge in [-0.25, -0.2) is 19.9 Å². The van der Waals surface area contributed by atoms with Gasteiger partial charge in [-0.05, 0) is 13.0 Å². The van der Waals surface area contributed by atoms with Crippen molar-refractivity contribution in [2.45, 2.75) is 6.92 Å². The normalized spacial score (nSPS) is 10.1. The lowest BCUT2D eigenvalue weighted by atomic mass is 10.2. The van der Waals surface area contributed by atoms with Gasteiger partial charge in [-0.3, -0.25) is 0 Å². The monoisotopic (exact) mass is 187 g/mol. The van der Waals surface area contributed by atoms with Gasteiger partial charge in [-0.2, -0.15) is 0 Å². The van der Waals surface area contributed by atoms with E-state index < -0.39 is 0 Å². The van der Waals surface area contributed by atoms with E-state index in [9.17, 15) is 0 Å². The number of hydrogen-bond donors (Lipinski definition) is 1. The predicted molar refractivity (Wildman–Crippen MR) is 52.2 cm³/mol. The second-order valence-corrected chi connectivity index (χ2v) is 2.88. The molecule has 2 N–H and O–H groups in total. The molecular formula is C9H9N5. The average molecular weight is 187 g/mol. The Morgan fingerprint density at radius 2 is 1.86 bits per heavy atom. The molecule has 2 rings (SSSR count). The summed E-state index contributed by atoms with van der Waals surface area (Å²) in [6, 6.07) is 1.84. The minimum atomic E-state index is 0.267. The molecular weight excluding hydrogens is 178 g/mol. The third kappa shape index (κ3) is 1.66. The third-order valence-electron chi connectivity index (χ3n) is 1.73. The van der Waals surface area contributed by atoms with E-state index in [2.05, 4.69) is 19.9 Å². The lowest BCUT2D eigenvalue weighted by molar-refractivity contribution is 1.11.